The molecule has 2 heterocycles. The average Bonchev–Trinajstić information content (AvgIpc) is 2.47. The standard InChI is InChI=1S/C16H29F3N4/c1-13-3-2-8-23(11-13)15(20)21-7-4-14-5-9-22(10-6-14)12-16(17,18)19/h13-14H,2-12H2,1H3,(H2,20,21). The summed E-state index contributed by atoms with van der Waals surface area (Å²) < 4.78 is 37.1. The van der Waals surface area contributed by atoms with Crippen LogP contribution in [0.3, 0.4) is 0 Å². The minimum Gasteiger partial charge on any atom is -0.370 e. The van der Waals surface area contributed by atoms with Crippen molar-refractivity contribution in [2.75, 3.05) is 39.3 Å². The SMILES string of the molecule is CC1CCCN(C(N)=NCCC2CCN(CC(F)(F)F)CC2)C1. The van der Waals surface area contributed by atoms with Crippen molar-refractivity contribution in [3.05, 3.63) is 0 Å². The molecule has 2 aliphatic rings. The molecule has 1 unspecified atom stereocenters. The van der Waals surface area contributed by atoms with Gasteiger partial charge in [0.15, 0.2) is 5.96 Å². The number of rotatable bonds is 4. The Morgan fingerprint density at radius 1 is 1.17 bits per heavy atom. The van der Waals surface area contributed by atoms with Gasteiger partial charge < -0.3 is 10.6 Å². The Balaban J connectivity index is 1.66. The molecule has 23 heavy (non-hydrogen) atoms. The Bertz CT molecular complexity index is 389. The highest BCUT2D eigenvalue weighted by atomic mass is 19.4. The lowest BCUT2D eigenvalue weighted by Gasteiger charge is -2.33. The van der Waals surface area contributed by atoms with E-state index in [2.05, 4.69) is 16.8 Å². The van der Waals surface area contributed by atoms with Gasteiger partial charge in [-0.3, -0.25) is 9.89 Å². The summed E-state index contributed by atoms with van der Waals surface area (Å²) in [5.74, 6) is 1.76. The van der Waals surface area contributed by atoms with E-state index >= 15 is 0 Å². The molecule has 1 atom stereocenters. The number of hydrogen-bond acceptors (Lipinski definition) is 2. The Morgan fingerprint density at radius 2 is 1.87 bits per heavy atom. The van der Waals surface area contributed by atoms with Crippen molar-refractivity contribution in [2.24, 2.45) is 22.6 Å². The predicted molar refractivity (Wildman–Crippen MR) is 86.3 cm³/mol. The first-order valence-electron chi connectivity index (χ1n) is 8.67. The third kappa shape index (κ3) is 6.57. The molecule has 2 saturated heterocycles. The van der Waals surface area contributed by atoms with E-state index in [4.69, 9.17) is 5.73 Å². The lowest BCUT2D eigenvalue weighted by molar-refractivity contribution is -0.148. The normalized spacial score (nSPS) is 25.8. The molecule has 2 N–H and O–H groups in total. The van der Waals surface area contributed by atoms with Crippen molar-refractivity contribution in [1.29, 1.82) is 0 Å². The van der Waals surface area contributed by atoms with Gasteiger partial charge in [0.1, 0.15) is 0 Å². The van der Waals surface area contributed by atoms with Crippen LogP contribution in [0.15, 0.2) is 4.99 Å². The van der Waals surface area contributed by atoms with Crippen LogP contribution in [-0.2, 0) is 0 Å². The smallest absolute Gasteiger partial charge is 0.370 e. The summed E-state index contributed by atoms with van der Waals surface area (Å²) in [6, 6.07) is 0. The van der Waals surface area contributed by atoms with Crippen LogP contribution in [-0.4, -0.2) is 61.2 Å². The third-order valence-corrected chi connectivity index (χ3v) is 4.90. The molecular weight excluding hydrogens is 305 g/mol. The summed E-state index contributed by atoms with van der Waals surface area (Å²) in [6.45, 7) is 5.16. The zero-order valence-electron chi connectivity index (χ0n) is 14.0. The summed E-state index contributed by atoms with van der Waals surface area (Å²) in [5, 5.41) is 0. The fourth-order valence-corrected chi connectivity index (χ4v) is 3.55. The van der Waals surface area contributed by atoms with Crippen LogP contribution < -0.4 is 5.73 Å². The number of aliphatic imine (C=N–C) groups is 1. The van der Waals surface area contributed by atoms with Gasteiger partial charge in [0.05, 0.1) is 6.54 Å². The number of halogens is 3. The molecule has 2 rings (SSSR count). The first kappa shape index (κ1) is 18.4. The molecule has 0 spiro atoms. The molecule has 2 fully saturated rings. The third-order valence-electron chi connectivity index (χ3n) is 4.90. The van der Waals surface area contributed by atoms with E-state index in [0.717, 1.165) is 38.8 Å². The topological polar surface area (TPSA) is 44.9 Å². The maximum atomic E-state index is 12.4. The molecule has 0 amide bonds. The molecule has 4 nitrogen and oxygen atoms in total. The van der Waals surface area contributed by atoms with Crippen LogP contribution in [0.25, 0.3) is 0 Å². The molecule has 0 aromatic carbocycles. The van der Waals surface area contributed by atoms with Crippen LogP contribution in [0, 0.1) is 11.8 Å². The zero-order chi connectivity index (χ0) is 16.9. The molecule has 0 radical (unpaired) electrons. The van der Waals surface area contributed by atoms with E-state index in [1.807, 2.05) is 0 Å². The molecule has 0 saturated carbocycles. The number of likely N-dealkylation sites (tertiary alicyclic amines) is 2. The second-order valence-corrected chi connectivity index (χ2v) is 7.06. The largest absolute Gasteiger partial charge is 0.401 e. The lowest BCUT2D eigenvalue weighted by atomic mass is 9.93. The molecule has 0 aliphatic carbocycles. The number of nitrogens with two attached hydrogens (primary N) is 1. The van der Waals surface area contributed by atoms with Crippen molar-refractivity contribution in [3.63, 3.8) is 0 Å². The van der Waals surface area contributed by atoms with Crippen LogP contribution in [0.5, 0.6) is 0 Å². The Morgan fingerprint density at radius 3 is 2.48 bits per heavy atom. The van der Waals surface area contributed by atoms with Gasteiger partial charge in [-0.25, -0.2) is 0 Å². The highest BCUT2D eigenvalue weighted by Gasteiger charge is 2.32. The van der Waals surface area contributed by atoms with Crippen LogP contribution in [0.2, 0.25) is 0 Å². The van der Waals surface area contributed by atoms with Gasteiger partial charge in [-0.1, -0.05) is 6.92 Å². The second kappa shape index (κ2) is 8.22. The molecule has 0 bridgehead atoms. The van der Waals surface area contributed by atoms with E-state index in [1.165, 1.54) is 11.3 Å². The van der Waals surface area contributed by atoms with Crippen molar-refractivity contribution in [2.45, 2.75) is 45.2 Å². The Hall–Kier alpha value is -0.980. The van der Waals surface area contributed by atoms with E-state index in [1.54, 1.807) is 0 Å². The van der Waals surface area contributed by atoms with Gasteiger partial charge in [0.25, 0.3) is 0 Å². The van der Waals surface area contributed by atoms with E-state index in [9.17, 15) is 13.2 Å². The predicted octanol–water partition coefficient (Wildman–Crippen LogP) is 2.70. The Labute approximate surface area is 136 Å². The molecular formula is C16H29F3N4. The van der Waals surface area contributed by atoms with Crippen molar-refractivity contribution in [1.82, 2.24) is 9.80 Å². The van der Waals surface area contributed by atoms with Crippen molar-refractivity contribution >= 4 is 5.96 Å². The van der Waals surface area contributed by atoms with Gasteiger partial charge in [0.2, 0.25) is 0 Å². The molecule has 7 heteroatoms. The van der Waals surface area contributed by atoms with E-state index in [-0.39, 0.29) is 0 Å². The minimum absolute atomic E-state index is 0.469. The average molecular weight is 334 g/mol. The quantitative estimate of drug-likeness (QED) is 0.635. The first-order chi connectivity index (χ1) is 10.8. The first-order valence-corrected chi connectivity index (χ1v) is 8.67. The van der Waals surface area contributed by atoms with Gasteiger partial charge in [0, 0.05) is 19.6 Å². The van der Waals surface area contributed by atoms with E-state index < -0.39 is 12.7 Å². The fraction of sp³-hybridized carbons (Fsp3) is 0.938. The summed E-state index contributed by atoms with van der Waals surface area (Å²) in [5.41, 5.74) is 6.06. The summed E-state index contributed by atoms with van der Waals surface area (Å²) in [4.78, 5) is 8.14. The highest BCUT2D eigenvalue weighted by molar-refractivity contribution is 5.78. The monoisotopic (exact) mass is 334 g/mol. The second-order valence-electron chi connectivity index (χ2n) is 7.06. The molecule has 134 valence electrons. The summed E-state index contributed by atoms with van der Waals surface area (Å²) >= 11 is 0. The number of alkyl halides is 3. The zero-order valence-corrected chi connectivity index (χ0v) is 14.0. The van der Waals surface area contributed by atoms with E-state index in [0.29, 0.717) is 37.4 Å². The minimum atomic E-state index is -4.09. The van der Waals surface area contributed by atoms with Crippen molar-refractivity contribution in [3.8, 4) is 0 Å². The maximum absolute atomic E-state index is 12.4. The van der Waals surface area contributed by atoms with Crippen molar-refractivity contribution < 1.29 is 13.2 Å². The summed E-state index contributed by atoms with van der Waals surface area (Å²) in [7, 11) is 0. The number of hydrogen-bond donors (Lipinski definition) is 1. The van der Waals surface area contributed by atoms with Gasteiger partial charge in [-0.15, -0.1) is 0 Å². The van der Waals surface area contributed by atoms with Gasteiger partial charge in [-0.05, 0) is 57.0 Å². The Kier molecular flexibility index (Phi) is 6.56. The van der Waals surface area contributed by atoms with Crippen LogP contribution in [0.4, 0.5) is 13.2 Å². The summed E-state index contributed by atoms with van der Waals surface area (Å²) in [6.07, 6.45) is 0.898. The molecule has 0 aromatic heterocycles. The van der Waals surface area contributed by atoms with Crippen LogP contribution >= 0.6 is 0 Å². The number of guanidine groups is 1. The number of piperidine rings is 2. The van der Waals surface area contributed by atoms with Crippen LogP contribution in [0.1, 0.15) is 39.0 Å². The fourth-order valence-electron chi connectivity index (χ4n) is 3.55. The number of nitrogens with zero attached hydrogens (tertiary/aromatic N) is 3. The lowest BCUT2D eigenvalue weighted by Crippen LogP contribution is -2.43. The molecule has 0 aromatic rings. The maximum Gasteiger partial charge on any atom is 0.401 e. The van der Waals surface area contributed by atoms with Gasteiger partial charge >= 0.3 is 6.18 Å². The molecule has 2 aliphatic heterocycles. The van der Waals surface area contributed by atoms with Gasteiger partial charge in [-0.2, -0.15) is 13.2 Å². The highest BCUT2D eigenvalue weighted by Crippen LogP contribution is 2.24.